The van der Waals surface area contributed by atoms with Crippen LogP contribution in [0.5, 0.6) is 0 Å². The van der Waals surface area contributed by atoms with Gasteiger partial charge in [0.25, 0.3) is 5.69 Å². The summed E-state index contributed by atoms with van der Waals surface area (Å²) in [6.45, 7) is 0. The van der Waals surface area contributed by atoms with Gasteiger partial charge in [-0.05, 0) is 25.0 Å². The molecule has 0 amide bonds. The number of nitro benzene ring substituents is 1. The largest absolute Gasteiger partial charge is 0.478 e. The fraction of sp³-hybridized carbons (Fsp3) is 0.231. The highest BCUT2D eigenvalue weighted by molar-refractivity contribution is 5.89. The fourth-order valence-electron chi connectivity index (χ4n) is 2.11. The number of aromatic nitrogens is 2. The van der Waals surface area contributed by atoms with Crippen molar-refractivity contribution in [1.29, 1.82) is 0 Å². The molecule has 1 fully saturated rings. The molecule has 0 saturated heterocycles. The first kappa shape index (κ1) is 13.2. The second-order valence-corrected chi connectivity index (χ2v) is 4.84. The van der Waals surface area contributed by atoms with Gasteiger partial charge in [-0.2, -0.15) is 5.10 Å². The maximum absolute atomic E-state index is 13.6. The second kappa shape index (κ2) is 4.65. The van der Waals surface area contributed by atoms with Crippen molar-refractivity contribution in [3.05, 3.63) is 51.6 Å². The Morgan fingerprint density at radius 1 is 1.48 bits per heavy atom. The predicted molar refractivity (Wildman–Crippen MR) is 69.1 cm³/mol. The van der Waals surface area contributed by atoms with Crippen molar-refractivity contribution in [2.75, 3.05) is 0 Å². The van der Waals surface area contributed by atoms with Gasteiger partial charge < -0.3 is 5.11 Å². The van der Waals surface area contributed by atoms with Crippen LogP contribution >= 0.6 is 0 Å². The minimum absolute atomic E-state index is 0.0642. The second-order valence-electron chi connectivity index (χ2n) is 4.84. The molecule has 0 spiro atoms. The summed E-state index contributed by atoms with van der Waals surface area (Å²) in [5.41, 5.74) is -0.418. The van der Waals surface area contributed by atoms with Crippen LogP contribution in [-0.2, 0) is 0 Å². The molecule has 0 aliphatic heterocycles. The van der Waals surface area contributed by atoms with Gasteiger partial charge in [-0.3, -0.25) is 10.1 Å². The monoisotopic (exact) mass is 291 g/mol. The zero-order chi connectivity index (χ0) is 15.1. The molecule has 0 bridgehead atoms. The van der Waals surface area contributed by atoms with Crippen molar-refractivity contribution in [1.82, 2.24) is 9.78 Å². The average Bonchev–Trinajstić information content (AvgIpc) is 3.16. The van der Waals surface area contributed by atoms with Gasteiger partial charge in [0.1, 0.15) is 11.5 Å². The van der Waals surface area contributed by atoms with E-state index in [1.54, 1.807) is 6.07 Å². The number of halogens is 1. The van der Waals surface area contributed by atoms with E-state index in [0.717, 1.165) is 24.6 Å². The van der Waals surface area contributed by atoms with E-state index in [-0.39, 0.29) is 5.69 Å². The summed E-state index contributed by atoms with van der Waals surface area (Å²) < 4.78 is 14.8. The van der Waals surface area contributed by atoms with Gasteiger partial charge in [-0.1, -0.05) is 0 Å². The molecule has 1 aromatic heterocycles. The molecule has 7 nitrogen and oxygen atoms in total. The van der Waals surface area contributed by atoms with Crippen molar-refractivity contribution in [2.24, 2.45) is 0 Å². The molecule has 108 valence electrons. The Kier molecular flexibility index (Phi) is 2.93. The van der Waals surface area contributed by atoms with E-state index in [1.165, 1.54) is 10.9 Å². The highest BCUT2D eigenvalue weighted by Crippen LogP contribution is 2.39. The summed E-state index contributed by atoms with van der Waals surface area (Å²) in [6, 6.07) is 3.27. The molecule has 0 unspecified atom stereocenters. The van der Waals surface area contributed by atoms with Crippen molar-refractivity contribution in [3.63, 3.8) is 0 Å². The number of aromatic carboxylic acids is 1. The summed E-state index contributed by atoms with van der Waals surface area (Å²) in [4.78, 5) is 21.2. The first-order valence-corrected chi connectivity index (χ1v) is 6.24. The maximum atomic E-state index is 13.6. The number of hydrogen-bond acceptors (Lipinski definition) is 4. The van der Waals surface area contributed by atoms with Gasteiger partial charge in [0.05, 0.1) is 22.2 Å². The van der Waals surface area contributed by atoms with E-state index in [2.05, 4.69) is 5.10 Å². The third-order valence-corrected chi connectivity index (χ3v) is 3.34. The number of benzene rings is 1. The number of carboxylic acid groups (broad SMARTS) is 1. The first-order valence-electron chi connectivity index (χ1n) is 6.24. The van der Waals surface area contributed by atoms with Crippen LogP contribution in [0.3, 0.4) is 0 Å². The van der Waals surface area contributed by atoms with Crippen LogP contribution in [0.1, 0.15) is 34.8 Å². The van der Waals surface area contributed by atoms with Crippen LogP contribution in [0.25, 0.3) is 5.69 Å². The highest BCUT2D eigenvalue weighted by atomic mass is 19.1. The van der Waals surface area contributed by atoms with Crippen LogP contribution < -0.4 is 0 Å². The molecular weight excluding hydrogens is 281 g/mol. The third-order valence-electron chi connectivity index (χ3n) is 3.34. The molecule has 1 aromatic carbocycles. The van der Waals surface area contributed by atoms with Crippen LogP contribution in [0, 0.1) is 15.9 Å². The van der Waals surface area contributed by atoms with Gasteiger partial charge in [0.2, 0.25) is 0 Å². The van der Waals surface area contributed by atoms with Gasteiger partial charge in [0.15, 0.2) is 0 Å². The van der Waals surface area contributed by atoms with Crippen molar-refractivity contribution in [2.45, 2.75) is 18.8 Å². The molecule has 1 aliphatic carbocycles. The molecule has 2 aromatic rings. The normalized spacial score (nSPS) is 14.1. The Bertz CT molecular complexity index is 752. The lowest BCUT2D eigenvalue weighted by atomic mass is 10.1. The molecule has 1 saturated carbocycles. The summed E-state index contributed by atoms with van der Waals surface area (Å²) in [5, 5.41) is 24.2. The lowest BCUT2D eigenvalue weighted by molar-refractivity contribution is -0.384. The standard InChI is InChI=1S/C13H10FN3O4/c14-9-6-12(17(20)21)11(5-8(9)13(18)19)16-4-3-10(15-16)7-1-2-7/h3-7H,1-2H2,(H,18,19). The molecular formula is C13H10FN3O4. The SMILES string of the molecule is O=C(O)c1cc(-n2ccc(C3CC3)n2)c([N+](=O)[O-])cc1F. The first-order chi connectivity index (χ1) is 9.97. The van der Waals surface area contributed by atoms with E-state index < -0.39 is 28.0 Å². The number of nitro groups is 1. The smallest absolute Gasteiger partial charge is 0.338 e. The summed E-state index contributed by atoms with van der Waals surface area (Å²) in [5.74, 6) is -2.28. The Morgan fingerprint density at radius 3 is 2.76 bits per heavy atom. The highest BCUT2D eigenvalue weighted by Gasteiger charge is 2.28. The number of hydrogen-bond donors (Lipinski definition) is 1. The minimum atomic E-state index is -1.49. The number of rotatable bonds is 4. The molecule has 0 atom stereocenters. The van der Waals surface area contributed by atoms with E-state index in [9.17, 15) is 19.3 Å². The topological polar surface area (TPSA) is 98.3 Å². The third kappa shape index (κ3) is 2.35. The molecule has 1 heterocycles. The average molecular weight is 291 g/mol. The van der Waals surface area contributed by atoms with Crippen LogP contribution in [0.2, 0.25) is 0 Å². The lowest BCUT2D eigenvalue weighted by Crippen LogP contribution is -2.07. The van der Waals surface area contributed by atoms with Crippen molar-refractivity contribution >= 4 is 11.7 Å². The zero-order valence-electron chi connectivity index (χ0n) is 10.7. The number of carbonyl (C=O) groups is 1. The zero-order valence-corrected chi connectivity index (χ0v) is 10.7. The Balaban J connectivity index is 2.15. The quantitative estimate of drug-likeness (QED) is 0.689. The Hall–Kier alpha value is -2.77. The lowest BCUT2D eigenvalue weighted by Gasteiger charge is -2.05. The van der Waals surface area contributed by atoms with Crippen LogP contribution in [0.15, 0.2) is 24.4 Å². The fourth-order valence-corrected chi connectivity index (χ4v) is 2.11. The predicted octanol–water partition coefficient (Wildman–Crippen LogP) is 2.50. The minimum Gasteiger partial charge on any atom is -0.478 e. The van der Waals surface area contributed by atoms with Gasteiger partial charge >= 0.3 is 5.97 Å². The summed E-state index contributed by atoms with van der Waals surface area (Å²) in [6.07, 6.45) is 3.55. The molecule has 3 rings (SSSR count). The Morgan fingerprint density at radius 2 is 2.19 bits per heavy atom. The van der Waals surface area contributed by atoms with E-state index in [1.807, 2.05) is 0 Å². The van der Waals surface area contributed by atoms with Gasteiger partial charge in [-0.15, -0.1) is 0 Å². The van der Waals surface area contributed by atoms with Gasteiger partial charge in [-0.25, -0.2) is 13.9 Å². The molecule has 0 radical (unpaired) electrons. The summed E-state index contributed by atoms with van der Waals surface area (Å²) >= 11 is 0. The van der Waals surface area contributed by atoms with Crippen LogP contribution in [0.4, 0.5) is 10.1 Å². The number of nitrogens with zero attached hydrogens (tertiary/aromatic N) is 3. The summed E-state index contributed by atoms with van der Waals surface area (Å²) in [7, 11) is 0. The van der Waals surface area contributed by atoms with E-state index >= 15 is 0 Å². The van der Waals surface area contributed by atoms with E-state index in [0.29, 0.717) is 12.0 Å². The number of carboxylic acids is 1. The van der Waals surface area contributed by atoms with E-state index in [4.69, 9.17) is 5.11 Å². The van der Waals surface area contributed by atoms with Crippen molar-refractivity contribution in [3.8, 4) is 5.69 Å². The van der Waals surface area contributed by atoms with Gasteiger partial charge in [0, 0.05) is 12.1 Å². The molecule has 21 heavy (non-hydrogen) atoms. The van der Waals surface area contributed by atoms with Crippen molar-refractivity contribution < 1.29 is 19.2 Å². The van der Waals surface area contributed by atoms with Crippen LogP contribution in [-0.4, -0.2) is 25.8 Å². The molecule has 8 heteroatoms. The molecule has 1 N–H and O–H groups in total. The Labute approximate surface area is 117 Å². The maximum Gasteiger partial charge on any atom is 0.338 e. The molecule has 1 aliphatic rings.